The van der Waals surface area contributed by atoms with Crippen LogP contribution in [-0.2, 0) is 4.74 Å². The monoisotopic (exact) mass is 248 g/mol. The number of hydrogen-bond acceptors (Lipinski definition) is 4. The van der Waals surface area contributed by atoms with E-state index < -0.39 is 0 Å². The fraction of sp³-hybridized carbons (Fsp3) is 0.538. The summed E-state index contributed by atoms with van der Waals surface area (Å²) in [5.74, 6) is 0.967. The molecule has 2 rings (SSSR count). The summed E-state index contributed by atoms with van der Waals surface area (Å²) in [7, 11) is 2.04. The van der Waals surface area contributed by atoms with E-state index in [-0.39, 0.29) is 5.84 Å². The van der Waals surface area contributed by atoms with Crippen LogP contribution in [0.2, 0.25) is 0 Å². The first-order valence-electron chi connectivity index (χ1n) is 6.21. The van der Waals surface area contributed by atoms with Gasteiger partial charge in [0.2, 0.25) is 0 Å². The van der Waals surface area contributed by atoms with Crippen LogP contribution >= 0.6 is 0 Å². The SMILES string of the molecule is Cc1cc(C(=N)N)cc(N(C)C2CCOCC2)n1. The first-order valence-corrected chi connectivity index (χ1v) is 6.21. The van der Waals surface area contributed by atoms with Crippen molar-refractivity contribution in [3.05, 3.63) is 23.4 Å². The van der Waals surface area contributed by atoms with Crippen LogP contribution in [0.3, 0.4) is 0 Å². The summed E-state index contributed by atoms with van der Waals surface area (Å²) < 4.78 is 5.37. The first-order chi connectivity index (χ1) is 8.58. The molecular formula is C13H20N4O. The smallest absolute Gasteiger partial charge is 0.129 e. The highest BCUT2D eigenvalue weighted by Crippen LogP contribution is 2.20. The zero-order valence-corrected chi connectivity index (χ0v) is 10.9. The van der Waals surface area contributed by atoms with E-state index in [1.165, 1.54) is 0 Å². The topological polar surface area (TPSA) is 75.2 Å². The molecule has 98 valence electrons. The minimum Gasteiger partial charge on any atom is -0.384 e. The lowest BCUT2D eigenvalue weighted by Gasteiger charge is -2.32. The Labute approximate surface area is 107 Å². The number of nitrogens with zero attached hydrogens (tertiary/aromatic N) is 2. The van der Waals surface area contributed by atoms with Crippen molar-refractivity contribution in [2.75, 3.05) is 25.2 Å². The fourth-order valence-corrected chi connectivity index (χ4v) is 2.25. The van der Waals surface area contributed by atoms with Crippen molar-refractivity contribution in [1.82, 2.24) is 4.98 Å². The molecule has 0 bridgehead atoms. The zero-order chi connectivity index (χ0) is 13.1. The number of rotatable bonds is 3. The summed E-state index contributed by atoms with van der Waals surface area (Å²) >= 11 is 0. The zero-order valence-electron chi connectivity index (χ0n) is 10.9. The largest absolute Gasteiger partial charge is 0.384 e. The standard InChI is InChI=1S/C13H20N4O/c1-9-7-10(13(14)15)8-12(16-9)17(2)11-3-5-18-6-4-11/h7-8,11H,3-6H2,1-2H3,(H3,14,15). The molecule has 1 aliphatic heterocycles. The number of amidine groups is 1. The molecule has 3 N–H and O–H groups in total. The van der Waals surface area contributed by atoms with Gasteiger partial charge in [-0.3, -0.25) is 5.41 Å². The second-order valence-corrected chi connectivity index (χ2v) is 4.72. The van der Waals surface area contributed by atoms with E-state index in [1.54, 1.807) is 0 Å². The van der Waals surface area contributed by atoms with Crippen molar-refractivity contribution < 1.29 is 4.74 Å². The molecule has 1 fully saturated rings. The Morgan fingerprint density at radius 1 is 1.44 bits per heavy atom. The van der Waals surface area contributed by atoms with Crippen LogP contribution in [0.1, 0.15) is 24.1 Å². The molecule has 0 aliphatic carbocycles. The summed E-state index contributed by atoms with van der Waals surface area (Å²) in [5, 5.41) is 7.53. The van der Waals surface area contributed by atoms with Gasteiger partial charge in [0.25, 0.3) is 0 Å². The molecular weight excluding hydrogens is 228 g/mol. The number of hydrogen-bond donors (Lipinski definition) is 2. The van der Waals surface area contributed by atoms with Crippen LogP contribution in [-0.4, -0.2) is 37.1 Å². The van der Waals surface area contributed by atoms with E-state index in [0.29, 0.717) is 6.04 Å². The number of pyridine rings is 1. The van der Waals surface area contributed by atoms with Gasteiger partial charge in [-0.05, 0) is 31.9 Å². The van der Waals surface area contributed by atoms with Gasteiger partial charge in [0.05, 0.1) is 0 Å². The molecule has 1 aliphatic rings. The van der Waals surface area contributed by atoms with Crippen LogP contribution in [0, 0.1) is 12.3 Å². The van der Waals surface area contributed by atoms with Crippen LogP contribution < -0.4 is 10.6 Å². The van der Waals surface area contributed by atoms with Crippen molar-refractivity contribution in [3.8, 4) is 0 Å². The average Bonchev–Trinajstić information content (AvgIpc) is 2.38. The van der Waals surface area contributed by atoms with Crippen molar-refractivity contribution in [2.45, 2.75) is 25.8 Å². The molecule has 2 heterocycles. The van der Waals surface area contributed by atoms with Crippen molar-refractivity contribution in [1.29, 1.82) is 5.41 Å². The lowest BCUT2D eigenvalue weighted by molar-refractivity contribution is 0.0853. The third-order valence-electron chi connectivity index (χ3n) is 3.35. The maximum absolute atomic E-state index is 7.53. The number of aromatic nitrogens is 1. The van der Waals surface area contributed by atoms with Crippen LogP contribution in [0.15, 0.2) is 12.1 Å². The molecule has 1 aromatic heterocycles. The van der Waals surface area contributed by atoms with E-state index in [2.05, 4.69) is 9.88 Å². The molecule has 0 aromatic carbocycles. The van der Waals surface area contributed by atoms with Gasteiger partial charge in [0.15, 0.2) is 0 Å². The first kappa shape index (κ1) is 12.8. The van der Waals surface area contributed by atoms with E-state index >= 15 is 0 Å². The summed E-state index contributed by atoms with van der Waals surface area (Å²) in [6.45, 7) is 3.54. The molecule has 0 amide bonds. The van der Waals surface area contributed by atoms with Gasteiger partial charge in [-0.25, -0.2) is 4.98 Å². The van der Waals surface area contributed by atoms with E-state index in [0.717, 1.165) is 43.1 Å². The summed E-state index contributed by atoms with van der Waals surface area (Å²) in [5.41, 5.74) is 7.17. The van der Waals surface area contributed by atoms with Gasteiger partial charge in [0.1, 0.15) is 11.7 Å². The molecule has 0 unspecified atom stereocenters. The Balaban J connectivity index is 2.23. The number of nitrogens with two attached hydrogens (primary N) is 1. The molecule has 0 radical (unpaired) electrons. The maximum atomic E-state index is 7.53. The van der Waals surface area contributed by atoms with Crippen LogP contribution in [0.25, 0.3) is 0 Å². The van der Waals surface area contributed by atoms with Crippen LogP contribution in [0.5, 0.6) is 0 Å². The Kier molecular flexibility index (Phi) is 3.81. The summed E-state index contributed by atoms with van der Waals surface area (Å²) in [6, 6.07) is 4.17. The van der Waals surface area contributed by atoms with E-state index in [9.17, 15) is 0 Å². The molecule has 5 heteroatoms. The lowest BCUT2D eigenvalue weighted by atomic mass is 10.1. The minimum absolute atomic E-state index is 0.0853. The predicted octanol–water partition coefficient (Wildman–Crippen LogP) is 1.29. The fourth-order valence-electron chi connectivity index (χ4n) is 2.25. The lowest BCUT2D eigenvalue weighted by Crippen LogP contribution is -2.37. The highest BCUT2D eigenvalue weighted by atomic mass is 16.5. The average molecular weight is 248 g/mol. The number of anilines is 1. The van der Waals surface area contributed by atoms with Crippen LogP contribution in [0.4, 0.5) is 5.82 Å². The highest BCUT2D eigenvalue weighted by Gasteiger charge is 2.20. The van der Waals surface area contributed by atoms with E-state index in [1.807, 2.05) is 26.1 Å². The normalized spacial score (nSPS) is 16.6. The van der Waals surface area contributed by atoms with E-state index in [4.69, 9.17) is 15.9 Å². The van der Waals surface area contributed by atoms with Gasteiger partial charge >= 0.3 is 0 Å². The molecule has 5 nitrogen and oxygen atoms in total. The van der Waals surface area contributed by atoms with Crippen molar-refractivity contribution >= 4 is 11.7 Å². The van der Waals surface area contributed by atoms with Crippen molar-refractivity contribution in [2.24, 2.45) is 5.73 Å². The molecule has 0 spiro atoms. The predicted molar refractivity (Wildman–Crippen MR) is 72.2 cm³/mol. The minimum atomic E-state index is 0.0853. The maximum Gasteiger partial charge on any atom is 0.129 e. The molecule has 1 saturated heterocycles. The Morgan fingerprint density at radius 2 is 2.11 bits per heavy atom. The second-order valence-electron chi connectivity index (χ2n) is 4.72. The third kappa shape index (κ3) is 2.79. The number of aryl methyl sites for hydroxylation is 1. The Bertz CT molecular complexity index is 441. The third-order valence-corrected chi connectivity index (χ3v) is 3.35. The molecule has 1 aromatic rings. The van der Waals surface area contributed by atoms with Gasteiger partial charge in [-0.15, -0.1) is 0 Å². The number of nitrogens with one attached hydrogen (secondary N) is 1. The number of ether oxygens (including phenoxy) is 1. The van der Waals surface area contributed by atoms with Gasteiger partial charge < -0.3 is 15.4 Å². The summed E-state index contributed by atoms with van der Waals surface area (Å²) in [4.78, 5) is 6.69. The highest BCUT2D eigenvalue weighted by molar-refractivity contribution is 5.95. The van der Waals surface area contributed by atoms with Crippen molar-refractivity contribution in [3.63, 3.8) is 0 Å². The van der Waals surface area contributed by atoms with Gasteiger partial charge in [-0.1, -0.05) is 0 Å². The second kappa shape index (κ2) is 5.35. The molecule has 18 heavy (non-hydrogen) atoms. The Hall–Kier alpha value is -1.62. The number of nitrogen functional groups attached to an aromatic ring is 1. The van der Waals surface area contributed by atoms with Gasteiger partial charge in [-0.2, -0.15) is 0 Å². The van der Waals surface area contributed by atoms with Gasteiger partial charge in [0, 0.05) is 37.6 Å². The molecule has 0 atom stereocenters. The molecule has 0 saturated carbocycles. The Morgan fingerprint density at radius 3 is 2.72 bits per heavy atom. The quantitative estimate of drug-likeness (QED) is 0.624. The summed E-state index contributed by atoms with van der Waals surface area (Å²) in [6.07, 6.45) is 2.03.